The number of hydrogen-bond acceptors (Lipinski definition) is 16. The lowest BCUT2D eigenvalue weighted by atomic mass is 9.86. The topological polar surface area (TPSA) is 306 Å². The second kappa shape index (κ2) is 12.2. The summed E-state index contributed by atoms with van der Waals surface area (Å²) in [5.41, 5.74) is 6.07. The summed E-state index contributed by atoms with van der Waals surface area (Å²) in [6.07, 6.45) is -14.6. The van der Waals surface area contributed by atoms with Gasteiger partial charge in [0.15, 0.2) is 6.23 Å². The van der Waals surface area contributed by atoms with Crippen LogP contribution in [0.5, 0.6) is 0 Å². The van der Waals surface area contributed by atoms with Crippen molar-refractivity contribution in [2.24, 2.45) is 0 Å². The molecule has 11 N–H and O–H groups in total. The summed E-state index contributed by atoms with van der Waals surface area (Å²) >= 11 is 0. The molecule has 218 valence electrons. The van der Waals surface area contributed by atoms with Gasteiger partial charge in [0.1, 0.15) is 36.3 Å². The fourth-order valence-electron chi connectivity index (χ4n) is 4.09. The third kappa shape index (κ3) is 6.65. The standard InChI is InChI=1S/C18H28BN4O15P/c19-4-7(25)11(26)14-10(22-32)6(24)3-18(37-14,16(29)30)38-39(33,34)35-5-8-12(27)13(28)15(36-8)23-2-1-9(20)21-17(23)31/h1-2,6-8,10-15,22,24-28,32H,3-5H2,(H,29,30)(H,33,34)(H2,20,21,31). The van der Waals surface area contributed by atoms with Crippen molar-refractivity contribution in [2.75, 3.05) is 12.3 Å². The number of phosphoric acid groups is 1. The van der Waals surface area contributed by atoms with Crippen LogP contribution in [0.3, 0.4) is 0 Å². The van der Waals surface area contributed by atoms with E-state index in [-0.39, 0.29) is 5.82 Å². The van der Waals surface area contributed by atoms with Crippen molar-refractivity contribution in [1.82, 2.24) is 15.0 Å². The summed E-state index contributed by atoms with van der Waals surface area (Å²) in [5, 5.41) is 70.2. The lowest BCUT2D eigenvalue weighted by Gasteiger charge is -2.45. The van der Waals surface area contributed by atoms with E-state index in [0.717, 1.165) is 10.8 Å². The third-order valence-corrected chi connectivity index (χ3v) is 7.15. The van der Waals surface area contributed by atoms with Crippen LogP contribution >= 0.6 is 7.82 Å². The van der Waals surface area contributed by atoms with Crippen molar-refractivity contribution in [2.45, 2.75) is 73.5 Å². The van der Waals surface area contributed by atoms with Crippen LogP contribution < -0.4 is 16.9 Å². The van der Waals surface area contributed by atoms with Gasteiger partial charge in [0, 0.05) is 12.6 Å². The number of aliphatic carboxylic acids is 1. The molecule has 11 unspecified atom stereocenters. The Kier molecular flexibility index (Phi) is 9.87. The zero-order chi connectivity index (χ0) is 29.3. The molecule has 1 aromatic rings. The molecular formula is C18H28BN4O15P. The van der Waals surface area contributed by atoms with Crippen molar-refractivity contribution < 1.29 is 68.6 Å². The van der Waals surface area contributed by atoms with E-state index in [0.29, 0.717) is 0 Å². The van der Waals surface area contributed by atoms with Gasteiger partial charge >= 0.3 is 19.5 Å². The molecule has 11 atom stereocenters. The molecule has 2 aliphatic rings. The summed E-state index contributed by atoms with van der Waals surface area (Å²) in [5.74, 6) is -5.34. The van der Waals surface area contributed by atoms with Gasteiger partial charge in [0.2, 0.25) is 0 Å². The third-order valence-electron chi connectivity index (χ3n) is 6.15. The fourth-order valence-corrected chi connectivity index (χ4v) is 5.05. The van der Waals surface area contributed by atoms with E-state index in [1.165, 1.54) is 6.07 Å². The molecule has 0 amide bonds. The molecule has 0 aromatic carbocycles. The lowest BCUT2D eigenvalue weighted by Crippen LogP contribution is -2.66. The smallest absolute Gasteiger partial charge is 0.475 e. The first-order valence-electron chi connectivity index (χ1n) is 11.3. The molecule has 0 bridgehead atoms. The van der Waals surface area contributed by atoms with Crippen molar-refractivity contribution in [1.29, 1.82) is 0 Å². The monoisotopic (exact) mass is 582 g/mol. The number of nitrogens with zero attached hydrogens (tertiary/aromatic N) is 2. The minimum absolute atomic E-state index is 0.127. The molecule has 39 heavy (non-hydrogen) atoms. The van der Waals surface area contributed by atoms with Crippen LogP contribution in [-0.4, -0.2) is 125 Å². The largest absolute Gasteiger partial charge is 0.477 e. The van der Waals surface area contributed by atoms with Gasteiger partial charge in [-0.05, 0) is 6.07 Å². The van der Waals surface area contributed by atoms with Gasteiger partial charge in [-0.1, -0.05) is 6.32 Å². The number of carboxylic acid groups (broad SMARTS) is 1. The maximum atomic E-state index is 12.7. The molecule has 2 radical (unpaired) electrons. The van der Waals surface area contributed by atoms with Gasteiger partial charge in [-0.3, -0.25) is 9.09 Å². The SMILES string of the molecule is [B]CC(O)C(O)C1OC(OP(=O)(O)OCC2OC(n3ccc(N)nc3=O)C(O)C2O)(C(=O)O)CC(O)C1NO. The summed E-state index contributed by atoms with van der Waals surface area (Å²) < 4.78 is 33.5. The molecule has 2 fully saturated rings. The van der Waals surface area contributed by atoms with Crippen molar-refractivity contribution in [3.05, 3.63) is 22.7 Å². The van der Waals surface area contributed by atoms with E-state index >= 15 is 0 Å². The van der Waals surface area contributed by atoms with Crippen molar-refractivity contribution in [3.63, 3.8) is 0 Å². The van der Waals surface area contributed by atoms with E-state index in [9.17, 15) is 54.9 Å². The van der Waals surface area contributed by atoms with Gasteiger partial charge in [-0.2, -0.15) is 10.5 Å². The number of nitrogens with one attached hydrogen (secondary N) is 1. The quantitative estimate of drug-likeness (QED) is 0.0664. The highest BCUT2D eigenvalue weighted by Gasteiger charge is 2.58. The van der Waals surface area contributed by atoms with Crippen LogP contribution in [0.15, 0.2) is 17.1 Å². The van der Waals surface area contributed by atoms with E-state index in [2.05, 4.69) is 4.98 Å². The Balaban J connectivity index is 1.76. The number of nitrogens with two attached hydrogens (primary N) is 1. The Morgan fingerprint density at radius 2 is 2.03 bits per heavy atom. The number of nitrogen functional groups attached to an aromatic ring is 1. The Morgan fingerprint density at radius 3 is 2.59 bits per heavy atom. The zero-order valence-corrected chi connectivity index (χ0v) is 20.8. The Labute approximate surface area is 220 Å². The molecule has 1 aromatic heterocycles. The number of hydrogen-bond donors (Lipinski definition) is 10. The number of carboxylic acids is 1. The van der Waals surface area contributed by atoms with E-state index < -0.39 is 99.6 Å². The van der Waals surface area contributed by atoms with E-state index in [1.54, 1.807) is 5.48 Å². The molecule has 0 aliphatic carbocycles. The summed E-state index contributed by atoms with van der Waals surface area (Å²) in [6, 6.07) is -0.385. The fraction of sp³-hybridized carbons (Fsp3) is 0.722. The first-order chi connectivity index (χ1) is 18.2. The minimum Gasteiger partial charge on any atom is -0.477 e. The number of ether oxygens (including phenoxy) is 2. The maximum Gasteiger partial charge on any atom is 0.475 e. The highest BCUT2D eigenvalue weighted by molar-refractivity contribution is 7.47. The number of aromatic nitrogens is 2. The Bertz CT molecular complexity index is 1130. The molecule has 3 rings (SSSR count). The number of carbonyl (C=O) groups is 1. The van der Waals surface area contributed by atoms with Crippen molar-refractivity contribution >= 4 is 27.5 Å². The average Bonchev–Trinajstić information content (AvgIpc) is 3.14. The summed E-state index contributed by atoms with van der Waals surface area (Å²) in [4.78, 5) is 37.8. The Morgan fingerprint density at radius 1 is 1.36 bits per heavy atom. The van der Waals surface area contributed by atoms with E-state index in [1.807, 2.05) is 0 Å². The van der Waals surface area contributed by atoms with Crippen molar-refractivity contribution in [3.8, 4) is 0 Å². The van der Waals surface area contributed by atoms with Crippen LogP contribution in [0.4, 0.5) is 5.82 Å². The summed E-state index contributed by atoms with van der Waals surface area (Å²) in [6.45, 7) is -0.989. The second-order valence-electron chi connectivity index (χ2n) is 8.80. The van der Waals surface area contributed by atoms with Crippen LogP contribution in [0.2, 0.25) is 6.32 Å². The normalized spacial score (nSPS) is 36.2. The van der Waals surface area contributed by atoms with Gasteiger partial charge < -0.3 is 55.9 Å². The van der Waals surface area contributed by atoms with Crippen LogP contribution in [-0.2, 0) is 27.9 Å². The second-order valence-corrected chi connectivity index (χ2v) is 10.2. The first kappa shape index (κ1) is 31.5. The minimum atomic E-state index is -5.47. The van der Waals surface area contributed by atoms with Gasteiger partial charge in [-0.25, -0.2) is 18.7 Å². The first-order valence-corrected chi connectivity index (χ1v) is 12.8. The molecule has 2 saturated heterocycles. The molecule has 3 heterocycles. The number of hydroxylamine groups is 1. The predicted octanol–water partition coefficient (Wildman–Crippen LogP) is -4.83. The van der Waals surface area contributed by atoms with Crippen LogP contribution in [0.25, 0.3) is 0 Å². The average molecular weight is 582 g/mol. The number of aliphatic hydroxyl groups is 5. The molecular weight excluding hydrogens is 554 g/mol. The Hall–Kier alpha value is -2.04. The molecule has 2 aliphatic heterocycles. The molecule has 0 spiro atoms. The highest BCUT2D eigenvalue weighted by atomic mass is 31.2. The molecule has 19 nitrogen and oxygen atoms in total. The number of phosphoric ester groups is 1. The van der Waals surface area contributed by atoms with Gasteiger partial charge in [-0.15, -0.1) is 0 Å². The number of rotatable bonds is 11. The summed E-state index contributed by atoms with van der Waals surface area (Å²) in [7, 11) is -0.196. The predicted molar refractivity (Wildman–Crippen MR) is 123 cm³/mol. The molecule has 21 heteroatoms. The van der Waals surface area contributed by atoms with Gasteiger partial charge in [0.25, 0.3) is 5.79 Å². The molecule has 0 saturated carbocycles. The van der Waals surface area contributed by atoms with E-state index in [4.69, 9.17) is 32.1 Å². The number of anilines is 1. The van der Waals surface area contributed by atoms with Crippen LogP contribution in [0.1, 0.15) is 12.6 Å². The lowest BCUT2D eigenvalue weighted by molar-refractivity contribution is -0.293. The van der Waals surface area contributed by atoms with Gasteiger partial charge in [0.05, 0.1) is 32.7 Å². The maximum absolute atomic E-state index is 12.7. The van der Waals surface area contributed by atoms with Crippen LogP contribution in [0, 0.1) is 0 Å². The zero-order valence-electron chi connectivity index (χ0n) is 19.9. The highest BCUT2D eigenvalue weighted by Crippen LogP contribution is 2.51. The number of aliphatic hydroxyl groups excluding tert-OH is 5.